The average Bonchev–Trinajstić information content (AvgIpc) is 3.10. The molecule has 0 amide bonds. The zero-order chi connectivity index (χ0) is 17.2. The maximum Gasteiger partial charge on any atom is 0.283 e. The second-order valence-corrected chi connectivity index (χ2v) is 6.02. The van der Waals surface area contributed by atoms with Crippen LogP contribution in [-0.4, -0.2) is 24.5 Å². The standard InChI is InChI=1S/C19H17N5O/c1-14(15-8-4-2-5-9-15)12-23-13-20-18-17(19(23)25)21-22-24(18)16-10-6-3-7-11-16/h2-11,13-14H,12H2,1H3. The van der Waals surface area contributed by atoms with Crippen molar-refractivity contribution < 1.29 is 0 Å². The van der Waals surface area contributed by atoms with E-state index < -0.39 is 0 Å². The highest BCUT2D eigenvalue weighted by Gasteiger charge is 2.15. The summed E-state index contributed by atoms with van der Waals surface area (Å²) in [6.45, 7) is 2.64. The molecule has 124 valence electrons. The van der Waals surface area contributed by atoms with Gasteiger partial charge in [-0.1, -0.05) is 60.7 Å². The summed E-state index contributed by atoms with van der Waals surface area (Å²) >= 11 is 0. The molecule has 0 aliphatic carbocycles. The highest BCUT2D eigenvalue weighted by atomic mass is 16.1. The fraction of sp³-hybridized carbons (Fsp3) is 0.158. The first-order valence-electron chi connectivity index (χ1n) is 8.15. The van der Waals surface area contributed by atoms with Crippen LogP contribution >= 0.6 is 0 Å². The summed E-state index contributed by atoms with van der Waals surface area (Å²) in [7, 11) is 0. The Hall–Kier alpha value is -3.28. The van der Waals surface area contributed by atoms with Gasteiger partial charge in [0.15, 0.2) is 11.2 Å². The molecule has 0 aliphatic heterocycles. The predicted octanol–water partition coefficient (Wildman–Crippen LogP) is 2.78. The van der Waals surface area contributed by atoms with E-state index in [-0.39, 0.29) is 17.0 Å². The van der Waals surface area contributed by atoms with Crippen LogP contribution < -0.4 is 5.56 Å². The molecule has 0 spiro atoms. The van der Waals surface area contributed by atoms with E-state index in [4.69, 9.17) is 0 Å². The molecule has 0 bridgehead atoms. The summed E-state index contributed by atoms with van der Waals surface area (Å²) in [4.78, 5) is 17.2. The molecule has 25 heavy (non-hydrogen) atoms. The van der Waals surface area contributed by atoms with Gasteiger partial charge in [-0.15, -0.1) is 5.10 Å². The fourth-order valence-electron chi connectivity index (χ4n) is 2.90. The Balaban J connectivity index is 1.71. The molecule has 0 fully saturated rings. The third kappa shape index (κ3) is 2.82. The first kappa shape index (κ1) is 15.3. The SMILES string of the molecule is CC(Cn1cnc2c(nnn2-c2ccccc2)c1=O)c1ccccc1. The van der Waals surface area contributed by atoms with Gasteiger partial charge in [-0.25, -0.2) is 4.98 Å². The van der Waals surface area contributed by atoms with Crippen molar-refractivity contribution in [3.63, 3.8) is 0 Å². The Morgan fingerprint density at radius 1 is 1.00 bits per heavy atom. The Labute approximate surface area is 144 Å². The van der Waals surface area contributed by atoms with Gasteiger partial charge in [0.25, 0.3) is 5.56 Å². The lowest BCUT2D eigenvalue weighted by molar-refractivity contribution is 0.576. The normalized spacial score (nSPS) is 12.4. The molecule has 4 rings (SSSR count). The minimum Gasteiger partial charge on any atom is -0.297 e. The van der Waals surface area contributed by atoms with Crippen LogP contribution in [0.2, 0.25) is 0 Å². The number of aromatic nitrogens is 5. The summed E-state index contributed by atoms with van der Waals surface area (Å²) in [6, 6.07) is 19.7. The molecule has 2 heterocycles. The van der Waals surface area contributed by atoms with Crippen LogP contribution in [0.4, 0.5) is 0 Å². The van der Waals surface area contributed by atoms with E-state index in [1.165, 1.54) is 5.56 Å². The lowest BCUT2D eigenvalue weighted by Crippen LogP contribution is -2.23. The van der Waals surface area contributed by atoms with Gasteiger partial charge >= 0.3 is 0 Å². The maximum absolute atomic E-state index is 12.7. The summed E-state index contributed by atoms with van der Waals surface area (Å²) in [6.07, 6.45) is 1.58. The Kier molecular flexibility index (Phi) is 3.85. The summed E-state index contributed by atoms with van der Waals surface area (Å²) in [5.74, 6) is 0.197. The van der Waals surface area contributed by atoms with Crippen molar-refractivity contribution >= 4 is 11.2 Å². The second-order valence-electron chi connectivity index (χ2n) is 6.02. The van der Waals surface area contributed by atoms with Crippen LogP contribution in [0.1, 0.15) is 18.4 Å². The highest BCUT2D eigenvalue weighted by Crippen LogP contribution is 2.17. The van der Waals surface area contributed by atoms with Crippen molar-refractivity contribution in [2.45, 2.75) is 19.4 Å². The quantitative estimate of drug-likeness (QED) is 0.577. The molecule has 2 aromatic carbocycles. The monoisotopic (exact) mass is 331 g/mol. The van der Waals surface area contributed by atoms with Crippen LogP contribution in [0.3, 0.4) is 0 Å². The van der Waals surface area contributed by atoms with E-state index in [9.17, 15) is 4.79 Å². The highest BCUT2D eigenvalue weighted by molar-refractivity contribution is 5.70. The van der Waals surface area contributed by atoms with Crippen LogP contribution in [0, 0.1) is 0 Å². The van der Waals surface area contributed by atoms with Crippen molar-refractivity contribution in [1.82, 2.24) is 24.5 Å². The van der Waals surface area contributed by atoms with Crippen molar-refractivity contribution in [2.75, 3.05) is 0 Å². The number of hydrogen-bond acceptors (Lipinski definition) is 4. The molecule has 2 aromatic heterocycles. The number of hydrogen-bond donors (Lipinski definition) is 0. The Morgan fingerprint density at radius 3 is 2.40 bits per heavy atom. The predicted molar refractivity (Wildman–Crippen MR) is 95.8 cm³/mol. The average molecular weight is 331 g/mol. The van der Waals surface area contributed by atoms with Crippen molar-refractivity contribution in [3.05, 3.63) is 82.9 Å². The molecule has 0 N–H and O–H groups in total. The van der Waals surface area contributed by atoms with E-state index >= 15 is 0 Å². The minimum atomic E-state index is -0.171. The third-order valence-corrected chi connectivity index (χ3v) is 4.27. The molecular formula is C19H17N5O. The zero-order valence-corrected chi connectivity index (χ0v) is 13.8. The van der Waals surface area contributed by atoms with Gasteiger partial charge in [0.2, 0.25) is 0 Å². The van der Waals surface area contributed by atoms with Gasteiger partial charge in [-0.2, -0.15) is 4.68 Å². The minimum absolute atomic E-state index is 0.171. The van der Waals surface area contributed by atoms with Gasteiger partial charge in [0.1, 0.15) is 6.33 Å². The van der Waals surface area contributed by atoms with Gasteiger partial charge in [-0.3, -0.25) is 9.36 Å². The molecule has 0 saturated heterocycles. The van der Waals surface area contributed by atoms with Gasteiger partial charge in [0.05, 0.1) is 5.69 Å². The number of nitrogens with zero attached hydrogens (tertiary/aromatic N) is 5. The van der Waals surface area contributed by atoms with E-state index in [0.29, 0.717) is 12.2 Å². The van der Waals surface area contributed by atoms with Crippen LogP contribution in [-0.2, 0) is 6.54 Å². The maximum atomic E-state index is 12.7. The van der Waals surface area contributed by atoms with Gasteiger partial charge < -0.3 is 0 Å². The molecule has 6 heteroatoms. The number of benzene rings is 2. The lowest BCUT2D eigenvalue weighted by Gasteiger charge is -2.13. The van der Waals surface area contributed by atoms with E-state index in [2.05, 4.69) is 34.4 Å². The molecule has 0 aliphatic rings. The molecule has 4 aromatic rings. The van der Waals surface area contributed by atoms with Crippen LogP contribution in [0.25, 0.3) is 16.9 Å². The first-order chi connectivity index (χ1) is 12.2. The van der Waals surface area contributed by atoms with Crippen LogP contribution in [0.15, 0.2) is 71.8 Å². The lowest BCUT2D eigenvalue weighted by atomic mass is 10.0. The fourth-order valence-corrected chi connectivity index (χ4v) is 2.90. The second kappa shape index (κ2) is 6.32. The zero-order valence-electron chi connectivity index (χ0n) is 13.8. The first-order valence-corrected chi connectivity index (χ1v) is 8.15. The van der Waals surface area contributed by atoms with E-state index in [1.54, 1.807) is 15.6 Å². The topological polar surface area (TPSA) is 65.6 Å². The van der Waals surface area contributed by atoms with Crippen molar-refractivity contribution in [3.8, 4) is 5.69 Å². The van der Waals surface area contributed by atoms with Crippen LogP contribution in [0.5, 0.6) is 0 Å². The summed E-state index contributed by atoms with van der Waals surface area (Å²) < 4.78 is 3.19. The number of para-hydroxylation sites is 1. The number of rotatable bonds is 4. The molecule has 1 unspecified atom stereocenters. The molecule has 1 atom stereocenters. The van der Waals surface area contributed by atoms with E-state index in [0.717, 1.165) is 5.69 Å². The molecule has 0 radical (unpaired) electrons. The molecule has 0 saturated carbocycles. The molecular weight excluding hydrogens is 314 g/mol. The largest absolute Gasteiger partial charge is 0.297 e. The molecule has 6 nitrogen and oxygen atoms in total. The summed E-state index contributed by atoms with van der Waals surface area (Å²) in [5.41, 5.74) is 2.59. The Morgan fingerprint density at radius 2 is 1.68 bits per heavy atom. The third-order valence-electron chi connectivity index (χ3n) is 4.27. The summed E-state index contributed by atoms with van der Waals surface area (Å²) in [5, 5.41) is 8.15. The number of fused-ring (bicyclic) bond motifs is 1. The van der Waals surface area contributed by atoms with Crippen molar-refractivity contribution in [2.24, 2.45) is 0 Å². The van der Waals surface area contributed by atoms with Gasteiger partial charge in [0, 0.05) is 6.54 Å². The van der Waals surface area contributed by atoms with E-state index in [1.807, 2.05) is 48.5 Å². The van der Waals surface area contributed by atoms with Gasteiger partial charge in [-0.05, 0) is 23.6 Å². The Bertz CT molecular complexity index is 1050. The smallest absolute Gasteiger partial charge is 0.283 e. The van der Waals surface area contributed by atoms with Crippen molar-refractivity contribution in [1.29, 1.82) is 0 Å².